The van der Waals surface area contributed by atoms with E-state index in [9.17, 15) is 28.8 Å². The molecule has 0 aliphatic heterocycles. The molecule has 0 saturated carbocycles. The van der Waals surface area contributed by atoms with Crippen LogP contribution in [0.3, 0.4) is 0 Å². The standard InChI is InChI=1S/3C12H6N2O2.Ru/c3*15-11-8-4-2-5-13-9(8)7-3-1-6-14-10(7)12(11)16;/h3*1-6H;/q;;;+2. The van der Waals surface area contributed by atoms with Gasteiger partial charge in [0.15, 0.2) is 0 Å². The molecule has 0 bridgehead atoms. The van der Waals surface area contributed by atoms with Crippen LogP contribution in [0.2, 0.25) is 0 Å². The summed E-state index contributed by atoms with van der Waals surface area (Å²) in [4.78, 5) is 94.7. The van der Waals surface area contributed by atoms with Crippen LogP contribution in [-0.4, -0.2) is 64.6 Å². The SMILES string of the molecule is O=C1C(=O)c2ncccc2-c2ncccc21.O=C1C(=O)c2ncccc2-c2ncccc21.O=C1C(=O)c2ncccc2-c2ncccc21.[Ru+2]. The van der Waals surface area contributed by atoms with Gasteiger partial charge in [-0.05, 0) is 72.8 Å². The van der Waals surface area contributed by atoms with E-state index < -0.39 is 34.7 Å². The maximum absolute atomic E-state index is 11.7. The van der Waals surface area contributed by atoms with Crippen LogP contribution in [0.4, 0.5) is 0 Å². The van der Waals surface area contributed by atoms with Gasteiger partial charge in [0.05, 0.1) is 33.8 Å². The molecule has 0 aromatic carbocycles. The molecule has 3 aliphatic carbocycles. The van der Waals surface area contributed by atoms with Crippen molar-refractivity contribution in [2.45, 2.75) is 0 Å². The van der Waals surface area contributed by atoms with Crippen LogP contribution in [0.5, 0.6) is 0 Å². The summed E-state index contributed by atoms with van der Waals surface area (Å²) < 4.78 is 0. The van der Waals surface area contributed by atoms with Gasteiger partial charge in [-0.25, -0.2) is 0 Å². The zero-order chi connectivity index (χ0) is 33.4. The van der Waals surface area contributed by atoms with Gasteiger partial charge >= 0.3 is 19.5 Å². The second kappa shape index (κ2) is 13.3. The van der Waals surface area contributed by atoms with Crippen LogP contribution < -0.4 is 0 Å². The fraction of sp³-hybridized carbons (Fsp3) is 0. The normalized spacial score (nSPS) is 13.0. The molecule has 0 radical (unpaired) electrons. The molecule has 6 aromatic rings. The number of rotatable bonds is 0. The molecule has 0 fully saturated rings. The number of carbonyl (C=O) groups excluding carboxylic acids is 6. The average molecular weight is 732 g/mol. The second-order valence-corrected chi connectivity index (χ2v) is 10.4. The predicted molar refractivity (Wildman–Crippen MR) is 168 cm³/mol. The predicted octanol–water partition coefficient (Wildman–Crippen LogP) is 4.57. The first-order valence-corrected chi connectivity index (χ1v) is 14.3. The zero-order valence-corrected chi connectivity index (χ0v) is 26.6. The molecule has 0 unspecified atom stereocenters. The first kappa shape index (κ1) is 32.5. The first-order chi connectivity index (χ1) is 23.4. The van der Waals surface area contributed by atoms with Crippen LogP contribution >= 0.6 is 0 Å². The van der Waals surface area contributed by atoms with E-state index in [4.69, 9.17) is 0 Å². The summed E-state index contributed by atoms with van der Waals surface area (Å²) in [7, 11) is 0. The van der Waals surface area contributed by atoms with Gasteiger partial charge in [-0.15, -0.1) is 0 Å². The Morgan fingerprint density at radius 2 is 0.469 bits per heavy atom. The maximum Gasteiger partial charge on any atom is 2.00 e. The smallest absolute Gasteiger partial charge is 0.285 e. The fourth-order valence-corrected chi connectivity index (χ4v) is 5.43. The van der Waals surface area contributed by atoms with Gasteiger partial charge in [-0.2, -0.15) is 0 Å². The van der Waals surface area contributed by atoms with Crippen molar-refractivity contribution in [2.24, 2.45) is 0 Å². The molecule has 9 rings (SSSR count). The van der Waals surface area contributed by atoms with Crippen molar-refractivity contribution in [3.8, 4) is 33.8 Å². The Morgan fingerprint density at radius 3 is 0.714 bits per heavy atom. The van der Waals surface area contributed by atoms with Gasteiger partial charge in [-0.1, -0.05) is 0 Å². The van der Waals surface area contributed by atoms with Crippen LogP contribution in [0.25, 0.3) is 33.8 Å². The summed E-state index contributed by atoms with van der Waals surface area (Å²) in [6.45, 7) is 0. The largest absolute Gasteiger partial charge is 2.00 e. The number of fused-ring (bicyclic) bond motifs is 9. The van der Waals surface area contributed by atoms with Gasteiger partial charge in [0.1, 0.15) is 17.1 Å². The van der Waals surface area contributed by atoms with Gasteiger partial charge in [0.25, 0.3) is 17.3 Å². The van der Waals surface area contributed by atoms with Crippen molar-refractivity contribution < 1.29 is 48.2 Å². The molecular formula is C36H18N6O6Ru+2. The van der Waals surface area contributed by atoms with Crippen molar-refractivity contribution in [3.05, 3.63) is 144 Å². The van der Waals surface area contributed by atoms with Crippen molar-refractivity contribution >= 4 is 34.7 Å². The molecule has 12 nitrogen and oxygen atoms in total. The van der Waals surface area contributed by atoms with Gasteiger partial charge in [0.2, 0.25) is 17.3 Å². The number of nitrogens with zero attached hydrogens (tertiary/aromatic N) is 6. The first-order valence-electron chi connectivity index (χ1n) is 14.3. The minimum absolute atomic E-state index is 0. The van der Waals surface area contributed by atoms with Crippen molar-refractivity contribution in [1.29, 1.82) is 0 Å². The number of hydrogen-bond donors (Lipinski definition) is 0. The third-order valence-corrected chi connectivity index (χ3v) is 7.61. The Morgan fingerprint density at radius 1 is 0.265 bits per heavy atom. The average Bonchev–Trinajstić information content (AvgIpc) is 3.15. The maximum atomic E-state index is 11.7. The number of aromatic nitrogens is 6. The Labute approximate surface area is 289 Å². The summed E-state index contributed by atoms with van der Waals surface area (Å²) in [6, 6.07) is 20.2. The van der Waals surface area contributed by atoms with Crippen molar-refractivity contribution in [1.82, 2.24) is 29.9 Å². The molecule has 3 aliphatic rings. The summed E-state index contributed by atoms with van der Waals surface area (Å²) in [5.74, 6) is -3.28. The number of Topliss-reactive ketones (excluding diaryl/α,β-unsaturated/α-hetero) is 6. The van der Waals surface area contributed by atoms with Crippen LogP contribution in [-0.2, 0) is 19.5 Å². The van der Waals surface area contributed by atoms with Gasteiger partial charge < -0.3 is 0 Å². The molecule has 13 heteroatoms. The molecule has 0 atom stereocenters. The molecule has 234 valence electrons. The van der Waals surface area contributed by atoms with Gasteiger partial charge in [0, 0.05) is 53.9 Å². The number of pyridine rings is 6. The number of carbonyl (C=O) groups is 6. The van der Waals surface area contributed by atoms with E-state index >= 15 is 0 Å². The van der Waals surface area contributed by atoms with E-state index in [0.29, 0.717) is 50.5 Å². The monoisotopic (exact) mass is 732 g/mol. The fourth-order valence-electron chi connectivity index (χ4n) is 5.43. The third kappa shape index (κ3) is 5.62. The molecule has 0 amide bonds. The van der Waals surface area contributed by atoms with E-state index in [2.05, 4.69) is 29.9 Å². The molecule has 0 spiro atoms. The summed E-state index contributed by atoms with van der Waals surface area (Å²) in [5, 5.41) is 0. The van der Waals surface area contributed by atoms with Gasteiger partial charge in [-0.3, -0.25) is 58.7 Å². The van der Waals surface area contributed by atoms with Crippen molar-refractivity contribution in [2.75, 3.05) is 0 Å². The summed E-state index contributed by atoms with van der Waals surface area (Å²) in [5.41, 5.74) is 5.14. The van der Waals surface area contributed by atoms with E-state index in [-0.39, 0.29) is 36.6 Å². The topological polar surface area (TPSA) is 180 Å². The van der Waals surface area contributed by atoms with E-state index in [0.717, 1.165) is 0 Å². The minimum Gasteiger partial charge on any atom is -0.285 e. The second-order valence-electron chi connectivity index (χ2n) is 10.4. The Balaban J connectivity index is 0.000000126. The molecule has 49 heavy (non-hydrogen) atoms. The van der Waals surface area contributed by atoms with Crippen LogP contribution in [0, 0.1) is 0 Å². The Bertz CT molecular complexity index is 1960. The minimum atomic E-state index is -0.559. The summed E-state index contributed by atoms with van der Waals surface area (Å²) in [6.07, 6.45) is 9.28. The van der Waals surface area contributed by atoms with E-state index in [1.807, 2.05) is 0 Å². The Hall–Kier alpha value is -6.46. The van der Waals surface area contributed by atoms with E-state index in [1.165, 1.54) is 18.6 Å². The molecule has 0 N–H and O–H groups in total. The molecule has 0 saturated heterocycles. The molecule has 6 aromatic heterocycles. The molecular weight excluding hydrogens is 714 g/mol. The van der Waals surface area contributed by atoms with Crippen LogP contribution in [0.15, 0.2) is 110 Å². The quantitative estimate of drug-likeness (QED) is 0.157. The molecule has 6 heterocycles. The number of hydrogen-bond acceptors (Lipinski definition) is 12. The third-order valence-electron chi connectivity index (χ3n) is 7.61. The number of ketones is 6. The van der Waals surface area contributed by atoms with Crippen LogP contribution in [0.1, 0.15) is 62.5 Å². The zero-order valence-electron chi connectivity index (χ0n) is 24.9. The summed E-state index contributed by atoms with van der Waals surface area (Å²) >= 11 is 0. The Kier molecular flexibility index (Phi) is 8.84. The van der Waals surface area contributed by atoms with E-state index in [1.54, 1.807) is 91.4 Å². The van der Waals surface area contributed by atoms with Crippen molar-refractivity contribution in [3.63, 3.8) is 0 Å².